The Hall–Kier alpha value is -1.75. The van der Waals surface area contributed by atoms with Crippen LogP contribution in [0.3, 0.4) is 0 Å². The van der Waals surface area contributed by atoms with Gasteiger partial charge < -0.3 is 20.3 Å². The normalized spacial score (nSPS) is 11.9. The number of benzene rings is 1. The van der Waals surface area contributed by atoms with E-state index < -0.39 is 12.1 Å². The Labute approximate surface area is 107 Å². The van der Waals surface area contributed by atoms with Crippen LogP contribution in [-0.2, 0) is 11.2 Å². The van der Waals surface area contributed by atoms with E-state index in [1.807, 2.05) is 19.1 Å². The van der Waals surface area contributed by atoms with Gasteiger partial charge in [0.2, 0.25) is 0 Å². The third-order valence-electron chi connectivity index (χ3n) is 2.42. The highest BCUT2D eigenvalue weighted by Crippen LogP contribution is 2.32. The molecule has 0 radical (unpaired) electrons. The summed E-state index contributed by atoms with van der Waals surface area (Å²) in [5.41, 5.74) is 6.39. The van der Waals surface area contributed by atoms with Gasteiger partial charge in [-0.15, -0.1) is 0 Å². The average molecular weight is 253 g/mol. The van der Waals surface area contributed by atoms with Gasteiger partial charge in [0.25, 0.3) is 0 Å². The predicted octanol–water partition coefficient (Wildman–Crippen LogP) is 1.44. The second kappa shape index (κ2) is 6.86. The molecule has 1 atom stereocenters. The number of ether oxygens (including phenoxy) is 2. The maximum absolute atomic E-state index is 10.9. The summed E-state index contributed by atoms with van der Waals surface area (Å²) in [5, 5.41) is 8.89. The number of carbonyl (C=O) groups is 1. The van der Waals surface area contributed by atoms with Gasteiger partial charge in [-0.3, -0.25) is 0 Å². The molecule has 0 bridgehead atoms. The van der Waals surface area contributed by atoms with Gasteiger partial charge in [0.15, 0.2) is 17.6 Å². The molecule has 3 N–H and O–H groups in total. The van der Waals surface area contributed by atoms with Crippen molar-refractivity contribution in [2.45, 2.75) is 26.4 Å². The molecule has 0 saturated carbocycles. The fourth-order valence-corrected chi connectivity index (χ4v) is 1.54. The maximum Gasteiger partial charge on any atom is 0.344 e. The largest absolute Gasteiger partial charge is 0.490 e. The fourth-order valence-electron chi connectivity index (χ4n) is 1.54. The summed E-state index contributed by atoms with van der Waals surface area (Å²) in [7, 11) is 0. The van der Waals surface area contributed by atoms with Crippen LogP contribution in [-0.4, -0.2) is 30.3 Å². The van der Waals surface area contributed by atoms with Gasteiger partial charge in [-0.05, 0) is 38.4 Å². The monoisotopic (exact) mass is 253 g/mol. The van der Waals surface area contributed by atoms with Crippen LogP contribution in [0.4, 0.5) is 0 Å². The molecule has 1 aromatic rings. The molecule has 0 spiro atoms. The molecule has 0 fully saturated rings. The molecule has 1 rings (SSSR count). The number of hydrogen-bond acceptors (Lipinski definition) is 4. The van der Waals surface area contributed by atoms with Gasteiger partial charge in [0, 0.05) is 0 Å². The number of hydrogen-bond donors (Lipinski definition) is 2. The van der Waals surface area contributed by atoms with E-state index >= 15 is 0 Å². The quantitative estimate of drug-likeness (QED) is 0.768. The lowest BCUT2D eigenvalue weighted by molar-refractivity contribution is -0.144. The molecule has 0 aromatic heterocycles. The number of para-hydroxylation sites is 1. The van der Waals surface area contributed by atoms with E-state index in [9.17, 15) is 4.79 Å². The van der Waals surface area contributed by atoms with Crippen molar-refractivity contribution in [3.63, 3.8) is 0 Å². The molecule has 100 valence electrons. The van der Waals surface area contributed by atoms with Crippen LogP contribution in [0.2, 0.25) is 0 Å². The molecule has 1 aromatic carbocycles. The van der Waals surface area contributed by atoms with Crippen molar-refractivity contribution in [2.24, 2.45) is 5.73 Å². The topological polar surface area (TPSA) is 81.8 Å². The van der Waals surface area contributed by atoms with Crippen molar-refractivity contribution in [1.82, 2.24) is 0 Å². The van der Waals surface area contributed by atoms with E-state index in [0.29, 0.717) is 31.1 Å². The number of carboxylic acid groups (broad SMARTS) is 1. The minimum absolute atomic E-state index is 0.466. The Morgan fingerprint density at radius 1 is 1.50 bits per heavy atom. The van der Waals surface area contributed by atoms with Gasteiger partial charge in [0.05, 0.1) is 6.61 Å². The fraction of sp³-hybridized carbons (Fsp3) is 0.462. The molecule has 0 aliphatic carbocycles. The first-order valence-electron chi connectivity index (χ1n) is 5.94. The molecule has 5 heteroatoms. The summed E-state index contributed by atoms with van der Waals surface area (Å²) in [6, 6.07) is 5.46. The number of aliphatic carboxylic acids is 1. The first kappa shape index (κ1) is 14.3. The minimum atomic E-state index is -1.01. The first-order valence-corrected chi connectivity index (χ1v) is 5.94. The zero-order valence-corrected chi connectivity index (χ0v) is 10.7. The smallest absolute Gasteiger partial charge is 0.344 e. The predicted molar refractivity (Wildman–Crippen MR) is 68.1 cm³/mol. The summed E-state index contributed by atoms with van der Waals surface area (Å²) in [4.78, 5) is 10.9. The third kappa shape index (κ3) is 3.63. The van der Waals surface area contributed by atoms with Gasteiger partial charge in [-0.1, -0.05) is 12.1 Å². The lowest BCUT2D eigenvalue weighted by Gasteiger charge is -2.17. The summed E-state index contributed by atoms with van der Waals surface area (Å²) in [6.45, 7) is 4.30. The Balaban J connectivity index is 3.05. The Kier molecular flexibility index (Phi) is 5.45. The van der Waals surface area contributed by atoms with Gasteiger partial charge in [-0.25, -0.2) is 4.79 Å². The van der Waals surface area contributed by atoms with Crippen LogP contribution >= 0.6 is 0 Å². The van der Waals surface area contributed by atoms with Crippen LogP contribution in [0.25, 0.3) is 0 Å². The van der Waals surface area contributed by atoms with Crippen LogP contribution in [0.1, 0.15) is 19.4 Å². The standard InChI is InChI=1S/C13H19NO4/c1-3-17-11-6-4-5-10(7-8-14)12(11)18-9(2)13(15)16/h4-6,9H,3,7-8,14H2,1-2H3,(H,15,16). The van der Waals surface area contributed by atoms with Gasteiger partial charge >= 0.3 is 5.97 Å². The highest BCUT2D eigenvalue weighted by Gasteiger charge is 2.18. The number of nitrogens with two attached hydrogens (primary N) is 1. The maximum atomic E-state index is 10.9. The zero-order chi connectivity index (χ0) is 13.5. The molecule has 18 heavy (non-hydrogen) atoms. The van der Waals surface area contributed by atoms with E-state index in [-0.39, 0.29) is 0 Å². The van der Waals surface area contributed by atoms with Gasteiger partial charge in [0.1, 0.15) is 0 Å². The third-order valence-corrected chi connectivity index (χ3v) is 2.42. The van der Waals surface area contributed by atoms with Crippen molar-refractivity contribution in [2.75, 3.05) is 13.2 Å². The molecular weight excluding hydrogens is 234 g/mol. The van der Waals surface area contributed by atoms with E-state index in [2.05, 4.69) is 0 Å². The van der Waals surface area contributed by atoms with Crippen molar-refractivity contribution < 1.29 is 19.4 Å². The number of rotatable bonds is 7. The second-order valence-electron chi connectivity index (χ2n) is 3.81. The van der Waals surface area contributed by atoms with E-state index in [1.165, 1.54) is 6.92 Å². The molecule has 0 aliphatic rings. The van der Waals surface area contributed by atoms with E-state index in [1.54, 1.807) is 6.07 Å². The van der Waals surface area contributed by atoms with Crippen LogP contribution in [0.15, 0.2) is 18.2 Å². The highest BCUT2D eigenvalue weighted by atomic mass is 16.5. The molecular formula is C13H19NO4. The van der Waals surface area contributed by atoms with Crippen molar-refractivity contribution >= 4 is 5.97 Å². The summed E-state index contributed by atoms with van der Waals surface area (Å²) in [5.74, 6) is 0.0104. The second-order valence-corrected chi connectivity index (χ2v) is 3.81. The molecule has 0 aliphatic heterocycles. The zero-order valence-electron chi connectivity index (χ0n) is 10.7. The van der Waals surface area contributed by atoms with E-state index in [0.717, 1.165) is 5.56 Å². The van der Waals surface area contributed by atoms with Crippen molar-refractivity contribution in [1.29, 1.82) is 0 Å². The summed E-state index contributed by atoms with van der Waals surface area (Å²) < 4.78 is 10.9. The Morgan fingerprint density at radius 3 is 2.78 bits per heavy atom. The lowest BCUT2D eigenvalue weighted by atomic mass is 10.1. The average Bonchev–Trinajstić information content (AvgIpc) is 2.33. The molecule has 0 saturated heterocycles. The first-order chi connectivity index (χ1) is 8.60. The highest BCUT2D eigenvalue weighted by molar-refractivity contribution is 5.72. The van der Waals surface area contributed by atoms with Crippen LogP contribution in [0.5, 0.6) is 11.5 Å². The van der Waals surface area contributed by atoms with Crippen molar-refractivity contribution in [3.05, 3.63) is 23.8 Å². The lowest BCUT2D eigenvalue weighted by Crippen LogP contribution is -2.24. The van der Waals surface area contributed by atoms with E-state index in [4.69, 9.17) is 20.3 Å². The molecule has 5 nitrogen and oxygen atoms in total. The molecule has 1 unspecified atom stereocenters. The summed E-state index contributed by atoms with van der Waals surface area (Å²) >= 11 is 0. The number of carboxylic acids is 1. The minimum Gasteiger partial charge on any atom is -0.490 e. The Bertz CT molecular complexity index is 382. The Morgan fingerprint density at radius 2 is 2.22 bits per heavy atom. The summed E-state index contributed by atoms with van der Waals surface area (Å²) in [6.07, 6.45) is -0.314. The van der Waals surface area contributed by atoms with Crippen LogP contribution in [0, 0.1) is 0 Å². The van der Waals surface area contributed by atoms with Crippen molar-refractivity contribution in [3.8, 4) is 11.5 Å². The molecule has 0 amide bonds. The molecule has 0 heterocycles. The SMILES string of the molecule is CCOc1cccc(CCN)c1OC(C)C(=O)O. The van der Waals surface area contributed by atoms with Crippen LogP contribution < -0.4 is 15.2 Å². The van der Waals surface area contributed by atoms with Gasteiger partial charge in [-0.2, -0.15) is 0 Å².